The number of aromatic nitrogens is 1. The van der Waals surface area contributed by atoms with E-state index < -0.39 is 0 Å². The van der Waals surface area contributed by atoms with Crippen LogP contribution in [-0.2, 0) is 10.2 Å². The minimum absolute atomic E-state index is 0.113. The van der Waals surface area contributed by atoms with Crippen molar-refractivity contribution < 1.29 is 4.74 Å². The first-order valence-corrected chi connectivity index (χ1v) is 7.82. The Labute approximate surface area is 121 Å². The van der Waals surface area contributed by atoms with Crippen LogP contribution in [0.3, 0.4) is 0 Å². The van der Waals surface area contributed by atoms with Gasteiger partial charge in [-0.05, 0) is 26.8 Å². The third-order valence-corrected chi connectivity index (χ3v) is 4.25. The molecule has 0 amide bonds. The van der Waals surface area contributed by atoms with Crippen LogP contribution in [0, 0.1) is 0 Å². The van der Waals surface area contributed by atoms with Crippen LogP contribution in [0.2, 0.25) is 0 Å². The summed E-state index contributed by atoms with van der Waals surface area (Å²) in [6.45, 7) is 13.9. The molecule has 110 valence electrons. The summed E-state index contributed by atoms with van der Waals surface area (Å²) in [6, 6.07) is 0.265. The van der Waals surface area contributed by atoms with Gasteiger partial charge in [-0.25, -0.2) is 4.98 Å². The molecule has 4 heteroatoms. The van der Waals surface area contributed by atoms with Gasteiger partial charge in [0.25, 0.3) is 0 Å². The normalized spacial score (nSPS) is 14.7. The van der Waals surface area contributed by atoms with E-state index in [1.54, 1.807) is 18.4 Å². The van der Waals surface area contributed by atoms with Crippen LogP contribution in [-0.4, -0.2) is 24.2 Å². The van der Waals surface area contributed by atoms with E-state index in [1.165, 1.54) is 5.69 Å². The molecule has 0 aliphatic carbocycles. The summed E-state index contributed by atoms with van der Waals surface area (Å²) in [6.07, 6.45) is 0.925. The minimum Gasteiger partial charge on any atom is -0.379 e. The molecule has 0 aromatic carbocycles. The molecule has 1 N–H and O–H groups in total. The molecule has 1 aromatic heterocycles. The standard InChI is InChI=1S/C15H28N2OS/c1-8-16-11(9-15(5,6)18-7)13-17-12(10-19-13)14(2,3)4/h10-11,16H,8-9H2,1-7H3. The van der Waals surface area contributed by atoms with Crippen molar-refractivity contribution in [3.05, 3.63) is 16.1 Å². The predicted molar refractivity (Wildman–Crippen MR) is 82.9 cm³/mol. The van der Waals surface area contributed by atoms with Crippen LogP contribution in [0.4, 0.5) is 0 Å². The fraction of sp³-hybridized carbons (Fsp3) is 0.800. The highest BCUT2D eigenvalue weighted by Gasteiger charge is 2.27. The molecule has 3 nitrogen and oxygen atoms in total. The Kier molecular flexibility index (Phi) is 5.53. The van der Waals surface area contributed by atoms with Crippen molar-refractivity contribution in [3.8, 4) is 0 Å². The fourth-order valence-electron chi connectivity index (χ4n) is 1.86. The van der Waals surface area contributed by atoms with Crippen molar-refractivity contribution in [3.63, 3.8) is 0 Å². The number of hydrogen-bond acceptors (Lipinski definition) is 4. The fourth-order valence-corrected chi connectivity index (χ4v) is 2.98. The van der Waals surface area contributed by atoms with Crippen molar-refractivity contribution in [1.82, 2.24) is 10.3 Å². The summed E-state index contributed by atoms with van der Waals surface area (Å²) >= 11 is 1.75. The van der Waals surface area contributed by atoms with Gasteiger partial charge < -0.3 is 10.1 Å². The molecule has 0 spiro atoms. The van der Waals surface area contributed by atoms with E-state index in [-0.39, 0.29) is 17.1 Å². The average Bonchev–Trinajstić information content (AvgIpc) is 2.77. The van der Waals surface area contributed by atoms with Crippen LogP contribution in [0.1, 0.15) is 64.7 Å². The lowest BCUT2D eigenvalue weighted by molar-refractivity contribution is 0.00694. The minimum atomic E-state index is -0.138. The number of methoxy groups -OCH3 is 1. The van der Waals surface area contributed by atoms with Crippen molar-refractivity contribution in [2.75, 3.05) is 13.7 Å². The number of thiazole rings is 1. The van der Waals surface area contributed by atoms with Gasteiger partial charge in [0.05, 0.1) is 17.3 Å². The van der Waals surface area contributed by atoms with Crippen LogP contribution >= 0.6 is 11.3 Å². The van der Waals surface area contributed by atoms with Gasteiger partial charge in [0, 0.05) is 17.9 Å². The molecule has 1 unspecified atom stereocenters. The first-order chi connectivity index (χ1) is 8.69. The maximum Gasteiger partial charge on any atom is 0.110 e. The molecule has 0 saturated heterocycles. The molecule has 0 aliphatic rings. The summed E-state index contributed by atoms with van der Waals surface area (Å²) in [5.41, 5.74) is 1.15. The molecule has 19 heavy (non-hydrogen) atoms. The lowest BCUT2D eigenvalue weighted by Gasteiger charge is -2.28. The summed E-state index contributed by atoms with van der Waals surface area (Å²) in [5.74, 6) is 0. The van der Waals surface area contributed by atoms with Gasteiger partial charge >= 0.3 is 0 Å². The molecule has 0 fully saturated rings. The van der Waals surface area contributed by atoms with E-state index >= 15 is 0 Å². The molecule has 0 radical (unpaired) electrons. The van der Waals surface area contributed by atoms with E-state index in [1.807, 2.05) is 0 Å². The van der Waals surface area contributed by atoms with Crippen LogP contribution in [0.25, 0.3) is 0 Å². The zero-order valence-corrected chi connectivity index (χ0v) is 14.1. The van der Waals surface area contributed by atoms with Crippen molar-refractivity contribution >= 4 is 11.3 Å². The zero-order chi connectivity index (χ0) is 14.7. The first kappa shape index (κ1) is 16.6. The van der Waals surface area contributed by atoms with Gasteiger partial charge in [-0.2, -0.15) is 0 Å². The Morgan fingerprint density at radius 2 is 1.95 bits per heavy atom. The number of nitrogens with one attached hydrogen (secondary N) is 1. The van der Waals surface area contributed by atoms with Crippen LogP contribution < -0.4 is 5.32 Å². The van der Waals surface area contributed by atoms with Gasteiger partial charge in [-0.3, -0.25) is 0 Å². The largest absolute Gasteiger partial charge is 0.379 e. The molecule has 1 rings (SSSR count). The predicted octanol–water partition coefficient (Wildman–Crippen LogP) is 3.91. The third kappa shape index (κ3) is 4.86. The van der Waals surface area contributed by atoms with Gasteiger partial charge in [-0.1, -0.05) is 27.7 Å². The number of rotatable bonds is 6. The highest BCUT2D eigenvalue weighted by Crippen LogP contribution is 2.31. The summed E-state index contributed by atoms with van der Waals surface area (Å²) < 4.78 is 5.55. The molecule has 1 atom stereocenters. The van der Waals surface area contributed by atoms with Crippen molar-refractivity contribution in [2.45, 2.75) is 65.0 Å². The molecular weight excluding hydrogens is 256 g/mol. The molecule has 0 bridgehead atoms. The van der Waals surface area contributed by atoms with E-state index in [0.29, 0.717) is 0 Å². The van der Waals surface area contributed by atoms with Crippen LogP contribution in [0.5, 0.6) is 0 Å². The monoisotopic (exact) mass is 284 g/mol. The van der Waals surface area contributed by atoms with Gasteiger partial charge in [0.2, 0.25) is 0 Å². The molecule has 1 aromatic rings. The molecule has 0 aliphatic heterocycles. The highest BCUT2D eigenvalue weighted by molar-refractivity contribution is 7.09. The Hall–Kier alpha value is -0.450. The highest BCUT2D eigenvalue weighted by atomic mass is 32.1. The topological polar surface area (TPSA) is 34.1 Å². The van der Waals surface area contributed by atoms with E-state index in [2.05, 4.69) is 52.2 Å². The SMILES string of the molecule is CCNC(CC(C)(C)OC)c1nc(C(C)(C)C)cs1. The van der Waals surface area contributed by atoms with Crippen molar-refractivity contribution in [2.24, 2.45) is 0 Å². The second kappa shape index (κ2) is 6.33. The maximum absolute atomic E-state index is 5.55. The van der Waals surface area contributed by atoms with Gasteiger partial charge in [0.1, 0.15) is 5.01 Å². The van der Waals surface area contributed by atoms with E-state index in [0.717, 1.165) is 18.0 Å². The summed E-state index contributed by atoms with van der Waals surface area (Å²) in [7, 11) is 1.77. The lowest BCUT2D eigenvalue weighted by Crippen LogP contribution is -2.32. The quantitative estimate of drug-likeness (QED) is 0.860. The first-order valence-electron chi connectivity index (χ1n) is 6.94. The number of ether oxygens (including phenoxy) is 1. The second-order valence-electron chi connectivity index (χ2n) is 6.60. The van der Waals surface area contributed by atoms with Gasteiger partial charge in [-0.15, -0.1) is 11.3 Å². The number of hydrogen-bond donors (Lipinski definition) is 1. The summed E-state index contributed by atoms with van der Waals surface area (Å²) in [5, 5.41) is 6.87. The summed E-state index contributed by atoms with van der Waals surface area (Å²) in [4.78, 5) is 4.82. The second-order valence-corrected chi connectivity index (χ2v) is 7.49. The number of nitrogens with zero attached hydrogens (tertiary/aromatic N) is 1. The lowest BCUT2D eigenvalue weighted by atomic mass is 9.93. The Balaban J connectivity index is 2.90. The van der Waals surface area contributed by atoms with E-state index in [9.17, 15) is 0 Å². The van der Waals surface area contributed by atoms with Crippen molar-refractivity contribution in [1.29, 1.82) is 0 Å². The van der Waals surface area contributed by atoms with Gasteiger partial charge in [0.15, 0.2) is 0 Å². The maximum atomic E-state index is 5.55. The Morgan fingerprint density at radius 1 is 1.32 bits per heavy atom. The molecule has 0 saturated carbocycles. The van der Waals surface area contributed by atoms with Crippen LogP contribution in [0.15, 0.2) is 5.38 Å². The third-order valence-electron chi connectivity index (χ3n) is 3.29. The van der Waals surface area contributed by atoms with E-state index in [4.69, 9.17) is 9.72 Å². The Bertz CT molecular complexity index is 393. The Morgan fingerprint density at radius 3 is 2.37 bits per heavy atom. The zero-order valence-electron chi connectivity index (χ0n) is 13.3. The average molecular weight is 284 g/mol. The smallest absolute Gasteiger partial charge is 0.110 e. The molecule has 1 heterocycles. The molecular formula is C15H28N2OS.